The number of unbranched alkanes of at least 4 members (excludes halogenated alkanes) is 7. The average molecular weight is 523 g/mol. The van der Waals surface area contributed by atoms with Crippen molar-refractivity contribution in [2.75, 3.05) is 13.2 Å². The van der Waals surface area contributed by atoms with E-state index in [9.17, 15) is 9.59 Å². The van der Waals surface area contributed by atoms with Crippen LogP contribution in [0.4, 0.5) is 0 Å². The Kier molecular flexibility index (Phi) is 13.5. The Bertz CT molecular complexity index is 937. The van der Waals surface area contributed by atoms with E-state index in [1.807, 2.05) is 48.5 Å². The number of Topliss-reactive ketones (excluding diaryl/α,β-unsaturated/α-hetero) is 1. The van der Waals surface area contributed by atoms with Crippen LogP contribution in [0.1, 0.15) is 88.7 Å². The Hall–Kier alpha value is -2.54. The number of hydrogen-bond donors (Lipinski definition) is 2. The minimum atomic E-state index is -1.29. The monoisotopic (exact) mass is 522 g/mol. The second kappa shape index (κ2) is 17.1. The molecular weight excluding hydrogens is 476 g/mol. The molecular formula is C32H46N2O4. The summed E-state index contributed by atoms with van der Waals surface area (Å²) < 4.78 is 6.21. The summed E-state index contributed by atoms with van der Waals surface area (Å²) in [4.78, 5) is 32.7. The lowest BCUT2D eigenvalue weighted by Gasteiger charge is -2.42. The standard InChI is InChI=1S/C32H46N2O4/c1-2-3-4-5-6-7-8-15-22-29(35)30-32(37-25-24-33-30,23-16-21-27-17-11-9-12-18-27)31(36)34-38-26-28-19-13-10-14-20-28/h9-14,17-20,30,33H,2-8,15-16,21-26H2,1H3,(H,34,36). The molecule has 2 N–H and O–H groups in total. The van der Waals surface area contributed by atoms with Crippen LogP contribution in [0, 0.1) is 0 Å². The van der Waals surface area contributed by atoms with Gasteiger partial charge in [-0.2, -0.15) is 0 Å². The summed E-state index contributed by atoms with van der Waals surface area (Å²) in [5, 5.41) is 3.33. The van der Waals surface area contributed by atoms with Crippen molar-refractivity contribution in [2.24, 2.45) is 0 Å². The third kappa shape index (κ3) is 9.64. The maximum Gasteiger partial charge on any atom is 0.277 e. The first-order valence-corrected chi connectivity index (χ1v) is 14.6. The third-order valence-electron chi connectivity index (χ3n) is 7.36. The smallest absolute Gasteiger partial charge is 0.277 e. The highest BCUT2D eigenvalue weighted by atomic mass is 16.7. The minimum absolute atomic E-state index is 0.0496. The van der Waals surface area contributed by atoms with Crippen LogP contribution in [-0.4, -0.2) is 36.5 Å². The Morgan fingerprint density at radius 2 is 1.53 bits per heavy atom. The molecule has 2 aromatic carbocycles. The van der Waals surface area contributed by atoms with Crippen molar-refractivity contribution < 1.29 is 19.2 Å². The lowest BCUT2D eigenvalue weighted by molar-refractivity contribution is -0.176. The van der Waals surface area contributed by atoms with Crippen molar-refractivity contribution in [3.8, 4) is 0 Å². The van der Waals surface area contributed by atoms with Gasteiger partial charge in [0.1, 0.15) is 6.04 Å². The van der Waals surface area contributed by atoms with E-state index in [0.29, 0.717) is 26.0 Å². The number of nitrogens with one attached hydrogen (secondary N) is 2. The van der Waals surface area contributed by atoms with E-state index in [-0.39, 0.29) is 18.3 Å². The van der Waals surface area contributed by atoms with Crippen LogP contribution in [0.2, 0.25) is 0 Å². The minimum Gasteiger partial charge on any atom is -0.362 e. The number of benzene rings is 2. The summed E-state index contributed by atoms with van der Waals surface area (Å²) in [5.41, 5.74) is 3.49. The number of amides is 1. The zero-order valence-corrected chi connectivity index (χ0v) is 23.1. The molecule has 2 unspecified atom stereocenters. The summed E-state index contributed by atoms with van der Waals surface area (Å²) in [5.74, 6) is -0.337. The van der Waals surface area contributed by atoms with Gasteiger partial charge in [-0.05, 0) is 36.8 Å². The number of hydrogen-bond acceptors (Lipinski definition) is 5. The first-order chi connectivity index (χ1) is 18.7. The molecule has 2 aromatic rings. The molecule has 2 atom stereocenters. The molecule has 0 bridgehead atoms. The van der Waals surface area contributed by atoms with Crippen LogP contribution in [-0.2, 0) is 32.2 Å². The molecule has 6 heteroatoms. The van der Waals surface area contributed by atoms with E-state index >= 15 is 0 Å². The molecule has 0 saturated carbocycles. The van der Waals surface area contributed by atoms with Crippen molar-refractivity contribution >= 4 is 11.7 Å². The van der Waals surface area contributed by atoms with Crippen molar-refractivity contribution in [3.63, 3.8) is 0 Å². The predicted molar refractivity (Wildman–Crippen MR) is 151 cm³/mol. The lowest BCUT2D eigenvalue weighted by atomic mass is 9.82. The first-order valence-electron chi connectivity index (χ1n) is 14.6. The zero-order chi connectivity index (χ0) is 26.9. The largest absolute Gasteiger partial charge is 0.362 e. The summed E-state index contributed by atoms with van der Waals surface area (Å²) in [6.45, 7) is 3.40. The molecule has 1 heterocycles. The summed E-state index contributed by atoms with van der Waals surface area (Å²) >= 11 is 0. The van der Waals surface area contributed by atoms with Crippen molar-refractivity contribution in [1.29, 1.82) is 0 Å². The number of carbonyl (C=O) groups is 2. The van der Waals surface area contributed by atoms with Crippen LogP contribution in [0.15, 0.2) is 60.7 Å². The molecule has 208 valence electrons. The maximum atomic E-state index is 13.6. The van der Waals surface area contributed by atoms with Gasteiger partial charge in [0, 0.05) is 13.0 Å². The van der Waals surface area contributed by atoms with Gasteiger partial charge < -0.3 is 10.1 Å². The van der Waals surface area contributed by atoms with Crippen molar-refractivity contribution in [3.05, 3.63) is 71.8 Å². The van der Waals surface area contributed by atoms with Gasteiger partial charge in [-0.15, -0.1) is 0 Å². The molecule has 0 aliphatic carbocycles. The van der Waals surface area contributed by atoms with Gasteiger partial charge in [-0.25, -0.2) is 5.48 Å². The maximum absolute atomic E-state index is 13.6. The quantitative estimate of drug-likeness (QED) is 0.183. The Balaban J connectivity index is 1.60. The lowest BCUT2D eigenvalue weighted by Crippen LogP contribution is -2.67. The fraction of sp³-hybridized carbons (Fsp3) is 0.562. The second-order valence-electron chi connectivity index (χ2n) is 10.4. The Labute approximate surface area is 228 Å². The molecule has 1 fully saturated rings. The van der Waals surface area contributed by atoms with E-state index in [1.54, 1.807) is 0 Å². The highest BCUT2D eigenvalue weighted by Crippen LogP contribution is 2.29. The fourth-order valence-corrected chi connectivity index (χ4v) is 5.21. The highest BCUT2D eigenvalue weighted by Gasteiger charge is 2.51. The van der Waals surface area contributed by atoms with E-state index in [4.69, 9.17) is 9.57 Å². The molecule has 0 radical (unpaired) electrons. The molecule has 0 aromatic heterocycles. The number of aryl methyl sites for hydroxylation is 1. The van der Waals surface area contributed by atoms with Gasteiger partial charge in [0.05, 0.1) is 13.2 Å². The molecule has 0 spiro atoms. The zero-order valence-electron chi connectivity index (χ0n) is 23.1. The van der Waals surface area contributed by atoms with Crippen LogP contribution < -0.4 is 10.8 Å². The van der Waals surface area contributed by atoms with Crippen molar-refractivity contribution in [2.45, 2.75) is 102 Å². The number of morpholine rings is 1. The van der Waals surface area contributed by atoms with Gasteiger partial charge in [-0.1, -0.05) is 113 Å². The van der Waals surface area contributed by atoms with E-state index in [0.717, 1.165) is 37.7 Å². The van der Waals surface area contributed by atoms with Gasteiger partial charge in [0.2, 0.25) is 0 Å². The number of ether oxygens (including phenoxy) is 1. The van der Waals surface area contributed by atoms with Crippen LogP contribution in [0.3, 0.4) is 0 Å². The van der Waals surface area contributed by atoms with Gasteiger partial charge in [0.25, 0.3) is 5.91 Å². The molecule has 1 aliphatic heterocycles. The Morgan fingerprint density at radius 3 is 2.21 bits per heavy atom. The molecule has 3 rings (SSSR count). The van der Waals surface area contributed by atoms with Crippen LogP contribution >= 0.6 is 0 Å². The summed E-state index contributed by atoms with van der Waals surface area (Å²) in [6, 6.07) is 19.2. The SMILES string of the molecule is CCCCCCCCCCC(=O)C1NCCOC1(CCCc1ccccc1)C(=O)NOCc1ccccc1. The second-order valence-corrected chi connectivity index (χ2v) is 10.4. The molecule has 1 aliphatic rings. The normalized spacial score (nSPS) is 19.2. The first kappa shape index (κ1) is 30.0. The molecule has 1 amide bonds. The number of carbonyl (C=O) groups excluding carboxylic acids is 2. The van der Waals surface area contributed by atoms with Gasteiger partial charge >= 0.3 is 0 Å². The molecule has 6 nitrogen and oxygen atoms in total. The van der Waals surface area contributed by atoms with E-state index < -0.39 is 11.6 Å². The fourth-order valence-electron chi connectivity index (χ4n) is 5.21. The summed E-state index contributed by atoms with van der Waals surface area (Å²) in [7, 11) is 0. The number of rotatable bonds is 18. The topological polar surface area (TPSA) is 76.7 Å². The molecule has 38 heavy (non-hydrogen) atoms. The van der Waals surface area contributed by atoms with Gasteiger partial charge in [-0.3, -0.25) is 14.4 Å². The highest BCUT2D eigenvalue weighted by molar-refractivity contribution is 5.96. The number of ketones is 1. The predicted octanol–water partition coefficient (Wildman–Crippen LogP) is 6.08. The Morgan fingerprint density at radius 1 is 0.895 bits per heavy atom. The third-order valence-corrected chi connectivity index (χ3v) is 7.36. The van der Waals surface area contributed by atoms with Crippen molar-refractivity contribution in [1.82, 2.24) is 10.8 Å². The van der Waals surface area contributed by atoms with Crippen LogP contribution in [0.5, 0.6) is 0 Å². The number of hydroxylamine groups is 1. The van der Waals surface area contributed by atoms with Crippen LogP contribution in [0.25, 0.3) is 0 Å². The van der Waals surface area contributed by atoms with E-state index in [1.165, 1.54) is 37.7 Å². The van der Waals surface area contributed by atoms with E-state index in [2.05, 4.69) is 29.9 Å². The summed E-state index contributed by atoms with van der Waals surface area (Å²) in [6.07, 6.45) is 11.8. The average Bonchev–Trinajstić information content (AvgIpc) is 2.95. The van der Waals surface area contributed by atoms with Gasteiger partial charge in [0.15, 0.2) is 11.4 Å². The molecule has 1 saturated heterocycles.